The molecule has 9 nitrogen and oxygen atoms in total. The number of carboxylic acid groups (broad SMARTS) is 1. The van der Waals surface area contributed by atoms with Gasteiger partial charge in [0.05, 0.1) is 5.02 Å². The van der Waals surface area contributed by atoms with Crippen molar-refractivity contribution in [2.45, 2.75) is 19.4 Å². The van der Waals surface area contributed by atoms with Gasteiger partial charge in [-0.1, -0.05) is 11.6 Å². The monoisotopic (exact) mass is 380 g/mol. The molecule has 1 aliphatic heterocycles. The molecule has 0 saturated heterocycles. The minimum absolute atomic E-state index is 0.0458. The Morgan fingerprint density at radius 2 is 2.08 bits per heavy atom. The summed E-state index contributed by atoms with van der Waals surface area (Å²) in [6.45, 7) is 0.817. The van der Waals surface area contributed by atoms with E-state index in [2.05, 4.69) is 15.5 Å². The molecule has 1 aromatic heterocycles. The molecule has 0 spiro atoms. The van der Waals surface area contributed by atoms with Crippen LogP contribution in [0.15, 0.2) is 12.1 Å². The summed E-state index contributed by atoms with van der Waals surface area (Å²) in [5.74, 6) is -0.583. The summed E-state index contributed by atoms with van der Waals surface area (Å²) in [5.41, 5.74) is 2.43. The van der Waals surface area contributed by atoms with Gasteiger partial charge in [0.2, 0.25) is 5.91 Å². The molecule has 0 bridgehead atoms. The summed E-state index contributed by atoms with van der Waals surface area (Å²) in [6, 6.07) is 2.56. The third-order valence-electron chi connectivity index (χ3n) is 4.22. The first-order valence-electron chi connectivity index (χ1n) is 7.89. The third kappa shape index (κ3) is 3.52. The van der Waals surface area contributed by atoms with Crippen molar-refractivity contribution in [1.82, 2.24) is 20.4 Å². The first-order chi connectivity index (χ1) is 12.4. The molecule has 0 unspecified atom stereocenters. The largest absolute Gasteiger partial charge is 0.507 e. The normalized spacial score (nSPS) is 13.3. The van der Waals surface area contributed by atoms with Gasteiger partial charge in [-0.25, -0.2) is 4.79 Å². The number of benzene rings is 1. The lowest BCUT2D eigenvalue weighted by atomic mass is 10.00. The van der Waals surface area contributed by atoms with Gasteiger partial charge in [-0.3, -0.25) is 9.89 Å². The van der Waals surface area contributed by atoms with E-state index in [1.807, 2.05) is 0 Å². The van der Waals surface area contributed by atoms with E-state index in [1.165, 1.54) is 6.07 Å². The summed E-state index contributed by atoms with van der Waals surface area (Å²) < 4.78 is 0. The molecule has 1 aromatic carbocycles. The molecule has 0 radical (unpaired) electrons. The van der Waals surface area contributed by atoms with Crippen LogP contribution >= 0.6 is 11.6 Å². The Balaban J connectivity index is 1.81. The number of aromatic hydroxyl groups is 2. The topological polar surface area (TPSA) is 139 Å². The number of hydrogen-bond acceptors (Lipinski definition) is 5. The predicted molar refractivity (Wildman–Crippen MR) is 92.1 cm³/mol. The second-order valence-corrected chi connectivity index (χ2v) is 6.30. The van der Waals surface area contributed by atoms with Crippen molar-refractivity contribution in [3.05, 3.63) is 28.4 Å². The van der Waals surface area contributed by atoms with Crippen LogP contribution in [0.3, 0.4) is 0 Å². The smallest absolute Gasteiger partial charge is 0.404 e. The van der Waals surface area contributed by atoms with E-state index < -0.39 is 6.09 Å². The van der Waals surface area contributed by atoms with E-state index >= 15 is 0 Å². The van der Waals surface area contributed by atoms with Crippen LogP contribution in [0.1, 0.15) is 17.7 Å². The van der Waals surface area contributed by atoms with E-state index in [1.54, 1.807) is 4.90 Å². The highest BCUT2D eigenvalue weighted by atomic mass is 35.5. The van der Waals surface area contributed by atoms with E-state index in [0.29, 0.717) is 24.2 Å². The molecule has 0 fully saturated rings. The molecular weight excluding hydrogens is 364 g/mol. The van der Waals surface area contributed by atoms with Crippen LogP contribution in [0.4, 0.5) is 4.79 Å². The van der Waals surface area contributed by atoms with Gasteiger partial charge >= 0.3 is 6.09 Å². The van der Waals surface area contributed by atoms with Crippen LogP contribution in [0.5, 0.6) is 11.5 Å². The number of H-pyrrole nitrogens is 1. The maximum atomic E-state index is 12.3. The summed E-state index contributed by atoms with van der Waals surface area (Å²) >= 11 is 5.93. The number of amides is 2. The Labute approximate surface area is 153 Å². The third-order valence-corrected chi connectivity index (χ3v) is 4.52. The molecule has 2 amide bonds. The number of aromatic nitrogens is 2. The Bertz CT molecular complexity index is 867. The van der Waals surface area contributed by atoms with Crippen molar-refractivity contribution >= 4 is 23.6 Å². The lowest BCUT2D eigenvalue weighted by Crippen LogP contribution is -2.37. The molecule has 138 valence electrons. The van der Waals surface area contributed by atoms with E-state index in [0.717, 1.165) is 17.3 Å². The van der Waals surface area contributed by atoms with Crippen LogP contribution in [-0.4, -0.2) is 55.5 Å². The summed E-state index contributed by atoms with van der Waals surface area (Å²) in [7, 11) is 0. The number of phenols is 2. The van der Waals surface area contributed by atoms with Crippen LogP contribution in [0.25, 0.3) is 11.3 Å². The Morgan fingerprint density at radius 1 is 1.31 bits per heavy atom. The minimum Gasteiger partial charge on any atom is -0.507 e. The molecule has 0 saturated carbocycles. The van der Waals surface area contributed by atoms with Gasteiger partial charge < -0.3 is 25.5 Å². The van der Waals surface area contributed by atoms with Gasteiger partial charge in [-0.05, 0) is 6.07 Å². The fourth-order valence-electron chi connectivity index (χ4n) is 2.91. The van der Waals surface area contributed by atoms with Gasteiger partial charge in [-0.15, -0.1) is 0 Å². The average Bonchev–Trinajstić information content (AvgIpc) is 3.00. The van der Waals surface area contributed by atoms with E-state index in [4.69, 9.17) is 16.7 Å². The quantitative estimate of drug-likeness (QED) is 0.547. The maximum Gasteiger partial charge on any atom is 0.404 e. The van der Waals surface area contributed by atoms with Crippen LogP contribution in [0.2, 0.25) is 5.02 Å². The Morgan fingerprint density at radius 3 is 2.81 bits per heavy atom. The summed E-state index contributed by atoms with van der Waals surface area (Å²) in [5, 5.41) is 37.6. The van der Waals surface area contributed by atoms with Crippen LogP contribution in [-0.2, 0) is 17.8 Å². The molecule has 0 atom stereocenters. The highest BCUT2D eigenvalue weighted by molar-refractivity contribution is 6.32. The number of halogens is 1. The number of carbonyl (C=O) groups excluding carboxylic acids is 1. The molecule has 2 aromatic rings. The van der Waals surface area contributed by atoms with Crippen molar-refractivity contribution in [3.8, 4) is 22.8 Å². The Hall–Kier alpha value is -2.94. The fourth-order valence-corrected chi connectivity index (χ4v) is 3.07. The molecule has 5 N–H and O–H groups in total. The van der Waals surface area contributed by atoms with Crippen molar-refractivity contribution in [1.29, 1.82) is 0 Å². The van der Waals surface area contributed by atoms with Gasteiger partial charge in [0.25, 0.3) is 0 Å². The standard InChI is InChI=1S/C16H17ClN4O5/c17-10-5-8(12(22)6-13(10)23)15-9-7-21(4-2-11(9)19-20-15)14(24)1-3-18-16(25)26/h5-6,18,22-23H,1-4,7H2,(H,19,20)(H,25,26). The second kappa shape index (κ2) is 7.12. The second-order valence-electron chi connectivity index (χ2n) is 5.90. The fraction of sp³-hybridized carbons (Fsp3) is 0.312. The summed E-state index contributed by atoms with van der Waals surface area (Å²) in [4.78, 5) is 24.4. The van der Waals surface area contributed by atoms with Crippen LogP contribution < -0.4 is 5.32 Å². The van der Waals surface area contributed by atoms with E-state index in [9.17, 15) is 19.8 Å². The van der Waals surface area contributed by atoms with Gasteiger partial charge in [0.15, 0.2) is 0 Å². The number of phenolic OH excluding ortho intramolecular Hbond substituents is 2. The van der Waals surface area contributed by atoms with Gasteiger partial charge in [0.1, 0.15) is 17.2 Å². The Kier molecular flexibility index (Phi) is 4.90. The number of nitrogens with one attached hydrogen (secondary N) is 2. The highest BCUT2D eigenvalue weighted by Crippen LogP contribution is 2.39. The summed E-state index contributed by atoms with van der Waals surface area (Å²) in [6.07, 6.45) is -0.548. The highest BCUT2D eigenvalue weighted by Gasteiger charge is 2.27. The zero-order valence-corrected chi connectivity index (χ0v) is 14.4. The van der Waals surface area contributed by atoms with Crippen molar-refractivity contribution in [2.75, 3.05) is 13.1 Å². The number of nitrogens with zero attached hydrogens (tertiary/aromatic N) is 2. The lowest BCUT2D eigenvalue weighted by Gasteiger charge is -2.27. The zero-order chi connectivity index (χ0) is 18.8. The number of carbonyl (C=O) groups is 2. The SMILES string of the molecule is O=C(O)NCCC(=O)N1CCc2[nH]nc(-c3cc(Cl)c(O)cc3O)c2C1. The minimum atomic E-state index is -1.17. The first kappa shape index (κ1) is 17.9. The molecule has 26 heavy (non-hydrogen) atoms. The number of fused-ring (bicyclic) bond motifs is 1. The number of rotatable bonds is 4. The number of aromatic amines is 1. The van der Waals surface area contributed by atoms with Crippen LogP contribution in [0, 0.1) is 0 Å². The zero-order valence-electron chi connectivity index (χ0n) is 13.6. The molecule has 1 aliphatic rings. The first-order valence-corrected chi connectivity index (χ1v) is 8.27. The maximum absolute atomic E-state index is 12.3. The number of hydrogen-bond donors (Lipinski definition) is 5. The predicted octanol–water partition coefficient (Wildman–Crippen LogP) is 1.68. The molecule has 2 heterocycles. The van der Waals surface area contributed by atoms with Crippen molar-refractivity contribution in [3.63, 3.8) is 0 Å². The average molecular weight is 381 g/mol. The van der Waals surface area contributed by atoms with Gasteiger partial charge in [0, 0.05) is 55.4 Å². The van der Waals surface area contributed by atoms with Gasteiger partial charge in [-0.2, -0.15) is 5.10 Å². The molecule has 0 aliphatic carbocycles. The molecule has 3 rings (SSSR count). The lowest BCUT2D eigenvalue weighted by molar-refractivity contribution is -0.131. The molecule has 10 heteroatoms. The van der Waals surface area contributed by atoms with Crippen molar-refractivity contribution in [2.24, 2.45) is 0 Å². The van der Waals surface area contributed by atoms with E-state index in [-0.39, 0.29) is 41.9 Å². The van der Waals surface area contributed by atoms with Crippen molar-refractivity contribution < 1.29 is 24.9 Å². The molecular formula is C16H17ClN4O5.